The Bertz CT molecular complexity index is 1290. The fraction of sp³-hybridized carbons (Fsp3) is 0.519. The molecule has 9 nitrogen and oxygen atoms in total. The highest BCUT2D eigenvalue weighted by atomic mass is 19.4. The van der Waals surface area contributed by atoms with E-state index in [1.807, 2.05) is 0 Å². The highest BCUT2D eigenvalue weighted by Gasteiger charge is 2.66. The van der Waals surface area contributed by atoms with Crippen LogP contribution in [0.15, 0.2) is 30.5 Å². The lowest BCUT2D eigenvalue weighted by Gasteiger charge is -2.32. The number of nitrogens with one attached hydrogen (secondary N) is 2. The normalized spacial score (nSPS) is 23.6. The first-order valence-corrected chi connectivity index (χ1v) is 12.6. The summed E-state index contributed by atoms with van der Waals surface area (Å²) >= 11 is 0. The molecular weight excluding hydrogens is 557 g/mol. The van der Waals surface area contributed by atoms with Crippen LogP contribution >= 0.6 is 0 Å². The zero-order chi connectivity index (χ0) is 30.9. The molecule has 2 aromatic rings. The van der Waals surface area contributed by atoms with Crippen LogP contribution in [-0.2, 0) is 14.3 Å². The second-order valence-electron chi connectivity index (χ2n) is 10.8. The average molecular weight is 590 g/mol. The molecule has 0 saturated carbocycles. The second kappa shape index (κ2) is 11.8. The number of rotatable bonds is 7. The maximum absolute atomic E-state index is 14.5. The lowest BCUT2D eigenvalue weighted by molar-refractivity contribution is -0.272. The van der Waals surface area contributed by atoms with E-state index >= 15 is 0 Å². The van der Waals surface area contributed by atoms with E-state index < -0.39 is 77.4 Å². The van der Waals surface area contributed by atoms with Crippen LogP contribution in [-0.4, -0.2) is 59.3 Å². The fourth-order valence-electron chi connectivity index (χ4n) is 4.63. The maximum Gasteiger partial charge on any atom is 0.417 e. The molecule has 3 N–H and O–H groups in total. The van der Waals surface area contributed by atoms with Crippen molar-refractivity contribution in [2.75, 3.05) is 19.0 Å². The molecule has 0 radical (unpaired) electrons. The number of methoxy groups -OCH3 is 1. The van der Waals surface area contributed by atoms with Crippen LogP contribution in [0.4, 0.5) is 32.4 Å². The van der Waals surface area contributed by atoms with Gasteiger partial charge in [0.2, 0.25) is 5.82 Å². The fourth-order valence-corrected chi connectivity index (χ4v) is 4.63. The summed E-state index contributed by atoms with van der Waals surface area (Å²) in [5, 5.41) is 14.7. The molecule has 0 bridgehead atoms. The number of pyridine rings is 1. The first-order valence-electron chi connectivity index (χ1n) is 12.6. The molecule has 5 atom stereocenters. The molecule has 0 spiro atoms. The maximum atomic E-state index is 14.5. The summed E-state index contributed by atoms with van der Waals surface area (Å²) in [6.45, 7) is 6.33. The van der Waals surface area contributed by atoms with Gasteiger partial charge < -0.3 is 30.0 Å². The number of carbonyl (C=O) groups excluding carboxylic acids is 2. The molecule has 1 aliphatic heterocycles. The van der Waals surface area contributed by atoms with Crippen LogP contribution in [0.25, 0.3) is 0 Å². The van der Waals surface area contributed by atoms with Gasteiger partial charge in [0, 0.05) is 29.3 Å². The molecule has 226 valence electrons. The minimum atomic E-state index is -4.92. The Labute approximate surface area is 233 Å². The summed E-state index contributed by atoms with van der Waals surface area (Å²) in [7, 11) is 1.03. The van der Waals surface area contributed by atoms with Crippen LogP contribution in [0.5, 0.6) is 5.75 Å². The number of anilines is 1. The second-order valence-corrected chi connectivity index (χ2v) is 10.8. The Morgan fingerprint density at radius 1 is 1.20 bits per heavy atom. The van der Waals surface area contributed by atoms with Crippen molar-refractivity contribution in [2.45, 2.75) is 70.1 Å². The number of hydrogen-bond acceptors (Lipinski definition) is 7. The summed E-state index contributed by atoms with van der Waals surface area (Å²) in [4.78, 5) is 29.7. The lowest BCUT2D eigenvalue weighted by atomic mass is 9.77. The Morgan fingerprint density at radius 2 is 1.85 bits per heavy atom. The SMILES string of the molecule is COc1c([C@H]2[C@H](C(=O)Nc3ccnc([C@H](CO)NC(=O)OC(C)(C)C)c3)O[C@@](C)(C(F)(F)F)[C@H]2C)ccc(F)c1F. The summed E-state index contributed by atoms with van der Waals surface area (Å²) < 4.78 is 86.4. The number of alkyl halides is 3. The number of halogens is 5. The quantitative estimate of drug-likeness (QED) is 0.389. The molecule has 41 heavy (non-hydrogen) atoms. The zero-order valence-electron chi connectivity index (χ0n) is 23.2. The van der Waals surface area contributed by atoms with Crippen molar-refractivity contribution >= 4 is 17.7 Å². The van der Waals surface area contributed by atoms with Crippen LogP contribution < -0.4 is 15.4 Å². The summed E-state index contributed by atoms with van der Waals surface area (Å²) in [6.07, 6.45) is -6.31. The molecule has 2 amide bonds. The van der Waals surface area contributed by atoms with Crippen molar-refractivity contribution in [2.24, 2.45) is 5.92 Å². The Morgan fingerprint density at radius 3 is 2.41 bits per heavy atom. The van der Waals surface area contributed by atoms with Gasteiger partial charge in [-0.25, -0.2) is 9.18 Å². The lowest BCUT2D eigenvalue weighted by Crippen LogP contribution is -2.47. The van der Waals surface area contributed by atoms with E-state index in [-0.39, 0.29) is 16.9 Å². The van der Waals surface area contributed by atoms with Crippen molar-refractivity contribution in [3.8, 4) is 5.75 Å². The van der Waals surface area contributed by atoms with E-state index in [1.54, 1.807) is 20.8 Å². The van der Waals surface area contributed by atoms with Crippen LogP contribution in [0.2, 0.25) is 0 Å². The van der Waals surface area contributed by atoms with Gasteiger partial charge in [-0.3, -0.25) is 9.78 Å². The van der Waals surface area contributed by atoms with E-state index in [2.05, 4.69) is 15.6 Å². The Hall–Kier alpha value is -3.52. The van der Waals surface area contributed by atoms with E-state index in [0.29, 0.717) is 0 Å². The van der Waals surface area contributed by atoms with E-state index in [1.165, 1.54) is 25.3 Å². The molecule has 3 rings (SSSR count). The van der Waals surface area contributed by atoms with Crippen molar-refractivity contribution < 1.29 is 50.9 Å². The standard InChI is InChI=1S/C27H32F5N3O6/c1-13-19(15-7-8-16(28)20(29)21(15)39-6)22(40-26(13,5)27(30,31)32)23(37)34-14-9-10-33-17(11-14)18(12-36)35-24(38)41-25(2,3)4/h7-11,13,18-19,22,36H,12H2,1-6H3,(H,35,38)(H,33,34,37)/t13-,18-,19-,22+,26+/m0/s1. The van der Waals surface area contributed by atoms with Crippen LogP contribution in [0.1, 0.15) is 57.8 Å². The molecule has 1 fully saturated rings. The monoisotopic (exact) mass is 589 g/mol. The number of carbonyl (C=O) groups is 2. The minimum Gasteiger partial charge on any atom is -0.493 e. The predicted molar refractivity (Wildman–Crippen MR) is 136 cm³/mol. The smallest absolute Gasteiger partial charge is 0.417 e. The molecule has 1 aliphatic rings. The number of ether oxygens (including phenoxy) is 3. The zero-order valence-corrected chi connectivity index (χ0v) is 23.2. The average Bonchev–Trinajstić information content (AvgIpc) is 3.15. The third-order valence-corrected chi connectivity index (χ3v) is 6.85. The number of alkyl carbamates (subject to hydrolysis) is 1. The first-order chi connectivity index (χ1) is 18.9. The molecule has 1 aromatic carbocycles. The van der Waals surface area contributed by atoms with E-state index in [4.69, 9.17) is 14.2 Å². The minimum absolute atomic E-state index is 0.0531. The highest BCUT2D eigenvalue weighted by Crippen LogP contribution is 2.55. The van der Waals surface area contributed by atoms with Crippen molar-refractivity contribution in [3.63, 3.8) is 0 Å². The number of benzene rings is 1. The van der Waals surface area contributed by atoms with E-state index in [0.717, 1.165) is 26.2 Å². The predicted octanol–water partition coefficient (Wildman–Crippen LogP) is 5.00. The van der Waals surface area contributed by atoms with Crippen molar-refractivity contribution in [3.05, 3.63) is 53.4 Å². The van der Waals surface area contributed by atoms with Gasteiger partial charge in [-0.15, -0.1) is 0 Å². The first kappa shape index (κ1) is 32.0. The van der Waals surface area contributed by atoms with Gasteiger partial charge >= 0.3 is 12.3 Å². The molecule has 0 unspecified atom stereocenters. The summed E-state index contributed by atoms with van der Waals surface area (Å²) in [5.74, 6) is -7.17. The number of amides is 2. The van der Waals surface area contributed by atoms with Crippen molar-refractivity contribution in [1.82, 2.24) is 10.3 Å². The van der Waals surface area contributed by atoms with Gasteiger partial charge in [0.25, 0.3) is 5.91 Å². The third kappa shape index (κ3) is 6.70. The van der Waals surface area contributed by atoms with Crippen LogP contribution in [0, 0.1) is 17.6 Å². The van der Waals surface area contributed by atoms with Crippen molar-refractivity contribution in [1.29, 1.82) is 0 Å². The van der Waals surface area contributed by atoms with E-state index in [9.17, 15) is 36.6 Å². The number of aromatic nitrogens is 1. The van der Waals surface area contributed by atoms with Gasteiger partial charge in [0.15, 0.2) is 17.2 Å². The molecule has 1 aromatic heterocycles. The molecule has 2 heterocycles. The summed E-state index contributed by atoms with van der Waals surface area (Å²) in [5.41, 5.74) is -3.65. The van der Waals surface area contributed by atoms with Gasteiger partial charge in [0.1, 0.15) is 11.7 Å². The van der Waals surface area contributed by atoms with Gasteiger partial charge in [-0.2, -0.15) is 17.6 Å². The topological polar surface area (TPSA) is 119 Å². The number of aliphatic hydroxyl groups is 1. The summed E-state index contributed by atoms with van der Waals surface area (Å²) in [6, 6.07) is 3.38. The molecule has 0 aliphatic carbocycles. The van der Waals surface area contributed by atoms with Gasteiger partial charge in [0.05, 0.1) is 25.5 Å². The number of aliphatic hydroxyl groups excluding tert-OH is 1. The van der Waals surface area contributed by atoms with Gasteiger partial charge in [-0.1, -0.05) is 13.0 Å². The molecule has 14 heteroatoms. The Kier molecular flexibility index (Phi) is 9.18. The molecular formula is C27H32F5N3O6. The number of hydrogen-bond donors (Lipinski definition) is 3. The highest BCUT2D eigenvalue weighted by molar-refractivity contribution is 5.95. The number of nitrogens with zero attached hydrogens (tertiary/aromatic N) is 1. The Balaban J connectivity index is 1.95. The largest absolute Gasteiger partial charge is 0.493 e. The van der Waals surface area contributed by atoms with Crippen LogP contribution in [0.3, 0.4) is 0 Å². The van der Waals surface area contributed by atoms with Gasteiger partial charge in [-0.05, 0) is 45.9 Å². The third-order valence-electron chi connectivity index (χ3n) is 6.85. The molecule has 1 saturated heterocycles.